The molecule has 2 aliphatic rings. The topological polar surface area (TPSA) is 44.7 Å². The minimum Gasteiger partial charge on any atom is -0.309 e. The molecule has 0 unspecified atom stereocenters. The summed E-state index contributed by atoms with van der Waals surface area (Å²) in [6, 6.07) is 20.7. The molecule has 1 N–H and O–H groups in total. The number of amides is 1. The molecular formula is C24H27N3O. The van der Waals surface area contributed by atoms with Crippen molar-refractivity contribution in [2.75, 3.05) is 13.1 Å². The Hall–Kier alpha value is -2.72. The highest BCUT2D eigenvalue weighted by Gasteiger charge is 2.43. The lowest BCUT2D eigenvalue weighted by Crippen LogP contribution is -2.37. The molecule has 2 aromatic rings. The summed E-state index contributed by atoms with van der Waals surface area (Å²) in [5, 5.41) is 9.78. The number of nitrogens with zero attached hydrogens (tertiary/aromatic N) is 2. The molecule has 0 spiro atoms. The SMILES string of the molecule is CCNCC(=O)N1N=C2/C(=C/c3ccccc3)CCC[C@@H]2[C@H]1c1ccccc1. The molecule has 2 aromatic carbocycles. The van der Waals surface area contributed by atoms with Crippen molar-refractivity contribution in [3.05, 3.63) is 77.4 Å². The van der Waals surface area contributed by atoms with Gasteiger partial charge < -0.3 is 5.32 Å². The van der Waals surface area contributed by atoms with Gasteiger partial charge in [-0.2, -0.15) is 5.10 Å². The fraction of sp³-hybridized carbons (Fsp3) is 0.333. The molecule has 1 amide bonds. The summed E-state index contributed by atoms with van der Waals surface area (Å²) in [6.07, 6.45) is 5.45. The maximum absolute atomic E-state index is 12.9. The molecule has 28 heavy (non-hydrogen) atoms. The van der Waals surface area contributed by atoms with Crippen molar-refractivity contribution in [2.24, 2.45) is 11.0 Å². The Morgan fingerprint density at radius 2 is 1.86 bits per heavy atom. The summed E-state index contributed by atoms with van der Waals surface area (Å²) in [5.41, 5.74) is 4.71. The summed E-state index contributed by atoms with van der Waals surface area (Å²) in [7, 11) is 0. The van der Waals surface area contributed by atoms with Gasteiger partial charge >= 0.3 is 0 Å². The molecule has 0 saturated heterocycles. The van der Waals surface area contributed by atoms with Gasteiger partial charge in [-0.15, -0.1) is 0 Å². The highest BCUT2D eigenvalue weighted by molar-refractivity contribution is 6.08. The standard InChI is InChI=1S/C24H27N3O/c1-2-25-17-22(28)27-24(19-12-7-4-8-13-19)21-15-9-14-20(23(21)26-27)16-18-10-5-3-6-11-18/h3-8,10-13,16,21,24-25H,2,9,14-15,17H2,1H3/b20-16+/t21-,24+/m0/s1. The molecule has 1 saturated carbocycles. The Balaban J connectivity index is 1.71. The Kier molecular flexibility index (Phi) is 5.68. The number of allylic oxidation sites excluding steroid dienone is 1. The molecule has 0 aromatic heterocycles. The fourth-order valence-corrected chi connectivity index (χ4v) is 4.25. The number of hydrogen-bond donors (Lipinski definition) is 1. The molecule has 4 rings (SSSR count). The van der Waals surface area contributed by atoms with Gasteiger partial charge in [0.1, 0.15) is 0 Å². The van der Waals surface area contributed by atoms with Gasteiger partial charge in [-0.3, -0.25) is 4.79 Å². The average Bonchev–Trinajstić information content (AvgIpc) is 3.14. The Bertz CT molecular complexity index is 873. The maximum atomic E-state index is 12.9. The van der Waals surface area contributed by atoms with E-state index in [1.165, 1.54) is 11.1 Å². The lowest BCUT2D eigenvalue weighted by Gasteiger charge is -2.29. The smallest absolute Gasteiger partial charge is 0.257 e. The van der Waals surface area contributed by atoms with Gasteiger partial charge in [0.05, 0.1) is 18.3 Å². The predicted molar refractivity (Wildman–Crippen MR) is 114 cm³/mol. The first kappa shape index (κ1) is 18.6. The molecule has 1 aliphatic carbocycles. The predicted octanol–water partition coefficient (Wildman–Crippen LogP) is 4.42. The first-order valence-corrected chi connectivity index (χ1v) is 10.2. The fourth-order valence-electron chi connectivity index (χ4n) is 4.25. The third kappa shape index (κ3) is 3.78. The minimum atomic E-state index is -0.0122. The average molecular weight is 374 g/mol. The summed E-state index contributed by atoms with van der Waals surface area (Å²) in [4.78, 5) is 12.9. The van der Waals surface area contributed by atoms with E-state index >= 15 is 0 Å². The van der Waals surface area contributed by atoms with E-state index in [-0.39, 0.29) is 17.9 Å². The maximum Gasteiger partial charge on any atom is 0.257 e. The largest absolute Gasteiger partial charge is 0.309 e. The lowest BCUT2D eigenvalue weighted by atomic mass is 9.77. The van der Waals surface area contributed by atoms with E-state index in [1.807, 2.05) is 31.2 Å². The van der Waals surface area contributed by atoms with Gasteiger partial charge in [0.15, 0.2) is 0 Å². The Morgan fingerprint density at radius 1 is 1.14 bits per heavy atom. The quantitative estimate of drug-likeness (QED) is 0.843. The summed E-state index contributed by atoms with van der Waals surface area (Å²) in [6.45, 7) is 3.11. The zero-order valence-corrected chi connectivity index (χ0v) is 16.3. The third-order valence-corrected chi connectivity index (χ3v) is 5.56. The number of fused-ring (bicyclic) bond motifs is 1. The van der Waals surface area contributed by atoms with Crippen LogP contribution in [0.5, 0.6) is 0 Å². The van der Waals surface area contributed by atoms with E-state index in [0.717, 1.165) is 37.1 Å². The molecule has 0 radical (unpaired) electrons. The normalized spacial score (nSPS) is 22.8. The van der Waals surface area contributed by atoms with Gasteiger partial charge in [-0.05, 0) is 48.6 Å². The molecule has 4 nitrogen and oxygen atoms in total. The van der Waals surface area contributed by atoms with Crippen LogP contribution in [0.15, 0.2) is 71.3 Å². The second-order valence-electron chi connectivity index (χ2n) is 7.44. The van der Waals surface area contributed by atoms with Crippen LogP contribution in [0, 0.1) is 5.92 Å². The van der Waals surface area contributed by atoms with Crippen molar-refractivity contribution in [1.82, 2.24) is 10.3 Å². The first-order chi connectivity index (χ1) is 13.8. The second kappa shape index (κ2) is 8.53. The Morgan fingerprint density at radius 3 is 2.57 bits per heavy atom. The Labute approximate surface area is 167 Å². The first-order valence-electron chi connectivity index (χ1n) is 10.2. The molecule has 1 aliphatic heterocycles. The van der Waals surface area contributed by atoms with Crippen molar-refractivity contribution in [3.63, 3.8) is 0 Å². The number of hydrogen-bond acceptors (Lipinski definition) is 3. The number of rotatable bonds is 5. The zero-order chi connectivity index (χ0) is 19.3. The second-order valence-corrected chi connectivity index (χ2v) is 7.44. The van der Waals surface area contributed by atoms with Crippen molar-refractivity contribution < 1.29 is 4.79 Å². The molecule has 1 fully saturated rings. The van der Waals surface area contributed by atoms with E-state index in [0.29, 0.717) is 6.54 Å². The summed E-state index contributed by atoms with van der Waals surface area (Å²) < 4.78 is 0. The molecular weight excluding hydrogens is 346 g/mol. The van der Waals surface area contributed by atoms with Crippen LogP contribution in [0.1, 0.15) is 43.4 Å². The van der Waals surface area contributed by atoms with Crippen molar-refractivity contribution in [2.45, 2.75) is 32.2 Å². The van der Waals surface area contributed by atoms with Crippen molar-refractivity contribution in [1.29, 1.82) is 0 Å². The van der Waals surface area contributed by atoms with Crippen molar-refractivity contribution in [3.8, 4) is 0 Å². The molecule has 0 bridgehead atoms. The van der Waals surface area contributed by atoms with Crippen LogP contribution >= 0.6 is 0 Å². The van der Waals surface area contributed by atoms with Crippen LogP contribution in [0.2, 0.25) is 0 Å². The highest BCUT2D eigenvalue weighted by Crippen LogP contribution is 2.44. The van der Waals surface area contributed by atoms with Gasteiger partial charge in [0.2, 0.25) is 0 Å². The number of benzene rings is 2. The molecule has 1 heterocycles. The molecule has 2 atom stereocenters. The zero-order valence-electron chi connectivity index (χ0n) is 16.3. The number of carbonyl (C=O) groups is 1. The van der Waals surface area contributed by atoms with E-state index < -0.39 is 0 Å². The van der Waals surface area contributed by atoms with E-state index in [9.17, 15) is 4.79 Å². The van der Waals surface area contributed by atoms with Gasteiger partial charge in [0.25, 0.3) is 5.91 Å². The van der Waals surface area contributed by atoms with Crippen LogP contribution in [-0.4, -0.2) is 29.7 Å². The highest BCUT2D eigenvalue weighted by atomic mass is 16.2. The van der Waals surface area contributed by atoms with E-state index in [4.69, 9.17) is 5.10 Å². The molecule has 4 heteroatoms. The van der Waals surface area contributed by atoms with Crippen LogP contribution < -0.4 is 5.32 Å². The van der Waals surface area contributed by atoms with Crippen LogP contribution in [0.25, 0.3) is 6.08 Å². The van der Waals surface area contributed by atoms with E-state index in [1.54, 1.807) is 5.01 Å². The van der Waals surface area contributed by atoms with Crippen LogP contribution in [0.4, 0.5) is 0 Å². The van der Waals surface area contributed by atoms with Gasteiger partial charge in [-0.25, -0.2) is 5.01 Å². The number of nitrogens with one attached hydrogen (secondary N) is 1. The monoisotopic (exact) mass is 373 g/mol. The third-order valence-electron chi connectivity index (χ3n) is 5.56. The summed E-state index contributed by atoms with van der Waals surface area (Å²) in [5.74, 6) is 0.299. The minimum absolute atomic E-state index is 0.0122. The van der Waals surface area contributed by atoms with Crippen LogP contribution in [0.3, 0.4) is 0 Å². The number of carbonyl (C=O) groups excluding carboxylic acids is 1. The van der Waals surface area contributed by atoms with E-state index in [2.05, 4.69) is 47.8 Å². The van der Waals surface area contributed by atoms with Crippen LogP contribution in [-0.2, 0) is 4.79 Å². The van der Waals surface area contributed by atoms with Gasteiger partial charge in [0, 0.05) is 5.92 Å². The molecule has 144 valence electrons. The van der Waals surface area contributed by atoms with Gasteiger partial charge in [-0.1, -0.05) is 67.6 Å². The number of likely N-dealkylation sites (N-methyl/N-ethyl adjacent to an activating group) is 1. The summed E-state index contributed by atoms with van der Waals surface area (Å²) >= 11 is 0. The number of hydrazone groups is 1. The van der Waals surface area contributed by atoms with Crippen molar-refractivity contribution >= 4 is 17.7 Å². The lowest BCUT2D eigenvalue weighted by molar-refractivity contribution is -0.132.